The average molecular weight is 431 g/mol. The maximum atomic E-state index is 14.8. The highest BCUT2D eigenvalue weighted by atomic mass is 19.3. The molecule has 2 amide bonds. The summed E-state index contributed by atoms with van der Waals surface area (Å²) in [6.45, 7) is -0.289. The molecular formula is C20H16F3N5O3. The van der Waals surface area contributed by atoms with Gasteiger partial charge in [-0.2, -0.15) is 13.9 Å². The number of carbonyl (C=O) groups is 2. The van der Waals surface area contributed by atoms with Crippen molar-refractivity contribution in [3.8, 4) is 16.9 Å². The van der Waals surface area contributed by atoms with Crippen LogP contribution in [0.2, 0.25) is 0 Å². The van der Waals surface area contributed by atoms with Crippen molar-refractivity contribution in [3.63, 3.8) is 0 Å². The number of benzene rings is 1. The number of alkyl halides is 2. The topological polar surface area (TPSA) is 89.4 Å². The molecule has 8 nitrogen and oxygen atoms in total. The molecule has 1 N–H and O–H groups in total. The summed E-state index contributed by atoms with van der Waals surface area (Å²) in [7, 11) is 0. The van der Waals surface area contributed by atoms with E-state index >= 15 is 0 Å². The summed E-state index contributed by atoms with van der Waals surface area (Å²) in [5, 5.41) is 6.15. The Morgan fingerprint density at radius 3 is 2.84 bits per heavy atom. The summed E-state index contributed by atoms with van der Waals surface area (Å²) in [6, 6.07) is 9.54. The molecule has 1 fully saturated rings. The van der Waals surface area contributed by atoms with Gasteiger partial charge < -0.3 is 10.1 Å². The number of rotatable bonds is 6. The van der Waals surface area contributed by atoms with Gasteiger partial charge in [0.2, 0.25) is 0 Å². The van der Waals surface area contributed by atoms with Crippen LogP contribution < -0.4 is 10.2 Å². The Hall–Kier alpha value is -3.89. The van der Waals surface area contributed by atoms with Gasteiger partial charge in [-0.3, -0.25) is 14.7 Å². The maximum Gasteiger partial charge on any atom is 0.414 e. The highest BCUT2D eigenvalue weighted by molar-refractivity contribution is 5.90. The molecule has 1 atom stereocenters. The number of aromatic nitrogens is 3. The first kappa shape index (κ1) is 20.4. The molecule has 2 aromatic heterocycles. The monoisotopic (exact) mass is 431 g/mol. The number of amides is 2. The third-order valence-electron chi connectivity index (χ3n) is 4.61. The Bertz CT molecular complexity index is 1110. The van der Waals surface area contributed by atoms with Gasteiger partial charge in [-0.15, -0.1) is 0 Å². The van der Waals surface area contributed by atoms with Crippen LogP contribution in [0.3, 0.4) is 0 Å². The Balaban J connectivity index is 1.47. The molecule has 4 rings (SSSR count). The lowest BCUT2D eigenvalue weighted by atomic mass is 10.2. The van der Waals surface area contributed by atoms with Crippen molar-refractivity contribution in [2.24, 2.45) is 0 Å². The lowest BCUT2D eigenvalue weighted by molar-refractivity contribution is -0.132. The first-order valence-electron chi connectivity index (χ1n) is 9.22. The normalized spacial score (nSPS) is 15.9. The quantitative estimate of drug-likeness (QED) is 0.648. The van der Waals surface area contributed by atoms with Crippen molar-refractivity contribution in [3.05, 3.63) is 60.8 Å². The van der Waals surface area contributed by atoms with E-state index in [0.717, 1.165) is 11.0 Å². The molecule has 3 heterocycles. The zero-order chi connectivity index (χ0) is 22.0. The molecule has 3 aromatic rings. The van der Waals surface area contributed by atoms with Crippen LogP contribution in [0, 0.1) is 5.82 Å². The van der Waals surface area contributed by atoms with Crippen molar-refractivity contribution >= 4 is 17.7 Å². The number of anilines is 1. The van der Waals surface area contributed by atoms with Crippen LogP contribution >= 0.6 is 0 Å². The zero-order valence-electron chi connectivity index (χ0n) is 15.9. The third-order valence-corrected chi connectivity index (χ3v) is 4.61. The van der Waals surface area contributed by atoms with Gasteiger partial charge in [0.25, 0.3) is 5.91 Å². The predicted molar refractivity (Wildman–Crippen MR) is 103 cm³/mol. The van der Waals surface area contributed by atoms with Crippen molar-refractivity contribution in [1.82, 2.24) is 20.1 Å². The van der Waals surface area contributed by atoms with E-state index in [4.69, 9.17) is 4.74 Å². The number of hydrogen-bond acceptors (Lipinski definition) is 5. The van der Waals surface area contributed by atoms with Crippen molar-refractivity contribution in [1.29, 1.82) is 0 Å². The van der Waals surface area contributed by atoms with Crippen LogP contribution in [0.15, 0.2) is 55.0 Å². The fourth-order valence-electron chi connectivity index (χ4n) is 3.10. The summed E-state index contributed by atoms with van der Waals surface area (Å²) in [5.74, 6) is -2.08. The number of nitrogens with one attached hydrogen (secondary N) is 1. The van der Waals surface area contributed by atoms with E-state index in [-0.39, 0.29) is 24.5 Å². The van der Waals surface area contributed by atoms with E-state index in [1.807, 2.05) is 11.4 Å². The van der Waals surface area contributed by atoms with Gasteiger partial charge in [0.1, 0.15) is 11.8 Å². The lowest BCUT2D eigenvalue weighted by Crippen LogP contribution is -2.37. The Morgan fingerprint density at radius 1 is 1.29 bits per heavy atom. The largest absolute Gasteiger partial charge is 0.442 e. The highest BCUT2D eigenvalue weighted by Crippen LogP contribution is 2.26. The summed E-state index contributed by atoms with van der Waals surface area (Å²) in [6.07, 6.45) is 0.0850. The Labute approximate surface area is 174 Å². The van der Waals surface area contributed by atoms with E-state index in [1.165, 1.54) is 16.8 Å². The van der Waals surface area contributed by atoms with Crippen LogP contribution in [-0.2, 0) is 9.53 Å². The van der Waals surface area contributed by atoms with Gasteiger partial charge in [0.05, 0.1) is 30.7 Å². The second kappa shape index (κ2) is 8.46. The summed E-state index contributed by atoms with van der Waals surface area (Å²) < 4.78 is 45.7. The number of carbonyl (C=O) groups excluding carboxylic acids is 2. The summed E-state index contributed by atoms with van der Waals surface area (Å²) in [5.41, 5.74) is 1.79. The number of nitrogens with zero attached hydrogens (tertiary/aromatic N) is 4. The Morgan fingerprint density at radius 2 is 2.13 bits per heavy atom. The standard InChI is InChI=1S/C20H16F3N5O3/c21-15-7-13(27-11-14(31-20(27)30)9-25-19(29)18(22)23)4-5-17(15)28-10-12(8-26-28)16-3-1-2-6-24-16/h1-8,10,14,18H,9,11H2,(H,25,29)/t14-/m0/s1. The van der Waals surface area contributed by atoms with E-state index in [9.17, 15) is 22.8 Å². The fourth-order valence-corrected chi connectivity index (χ4v) is 3.10. The van der Waals surface area contributed by atoms with E-state index in [0.29, 0.717) is 11.3 Å². The minimum Gasteiger partial charge on any atom is -0.442 e. The van der Waals surface area contributed by atoms with Crippen LogP contribution in [-0.4, -0.2) is 52.4 Å². The molecule has 31 heavy (non-hydrogen) atoms. The lowest BCUT2D eigenvalue weighted by Gasteiger charge is -2.14. The molecule has 1 aliphatic heterocycles. The third kappa shape index (κ3) is 4.34. The van der Waals surface area contributed by atoms with Crippen LogP contribution in [0.25, 0.3) is 16.9 Å². The fraction of sp³-hybridized carbons (Fsp3) is 0.200. The van der Waals surface area contributed by atoms with Crippen molar-refractivity contribution in [2.75, 3.05) is 18.0 Å². The molecule has 0 radical (unpaired) electrons. The van der Waals surface area contributed by atoms with Gasteiger partial charge >= 0.3 is 12.5 Å². The number of ether oxygens (including phenoxy) is 1. The Kier molecular flexibility index (Phi) is 5.56. The predicted octanol–water partition coefficient (Wildman–Crippen LogP) is 2.78. The van der Waals surface area contributed by atoms with Crippen molar-refractivity contribution in [2.45, 2.75) is 12.5 Å². The van der Waals surface area contributed by atoms with Crippen LogP contribution in [0.5, 0.6) is 0 Å². The SMILES string of the molecule is O=C(NC[C@H]1CN(c2ccc(-n3cc(-c4ccccn4)cn3)c(F)c2)C(=O)O1)C(F)F. The zero-order valence-corrected chi connectivity index (χ0v) is 15.9. The van der Waals surface area contributed by atoms with Gasteiger partial charge in [-0.1, -0.05) is 6.07 Å². The average Bonchev–Trinajstić information content (AvgIpc) is 3.39. The van der Waals surface area contributed by atoms with E-state index < -0.39 is 30.3 Å². The smallest absolute Gasteiger partial charge is 0.414 e. The molecule has 0 saturated carbocycles. The molecule has 0 bridgehead atoms. The number of halogens is 3. The van der Waals surface area contributed by atoms with Gasteiger partial charge in [0, 0.05) is 18.0 Å². The summed E-state index contributed by atoms with van der Waals surface area (Å²) in [4.78, 5) is 28.4. The first-order valence-corrected chi connectivity index (χ1v) is 9.22. The second-order valence-electron chi connectivity index (χ2n) is 6.69. The molecule has 1 saturated heterocycles. The van der Waals surface area contributed by atoms with Gasteiger partial charge in [0.15, 0.2) is 5.82 Å². The first-order chi connectivity index (χ1) is 14.9. The molecule has 11 heteroatoms. The molecular weight excluding hydrogens is 415 g/mol. The van der Waals surface area contributed by atoms with Gasteiger partial charge in [-0.25, -0.2) is 13.9 Å². The molecule has 0 spiro atoms. The minimum atomic E-state index is -3.16. The highest BCUT2D eigenvalue weighted by Gasteiger charge is 2.33. The molecule has 1 aromatic carbocycles. The maximum absolute atomic E-state index is 14.8. The number of hydrogen-bond donors (Lipinski definition) is 1. The summed E-state index contributed by atoms with van der Waals surface area (Å²) >= 11 is 0. The van der Waals surface area contributed by atoms with Crippen molar-refractivity contribution < 1.29 is 27.5 Å². The molecule has 0 unspecified atom stereocenters. The van der Waals surface area contributed by atoms with Crippen LogP contribution in [0.1, 0.15) is 0 Å². The molecule has 0 aliphatic carbocycles. The van der Waals surface area contributed by atoms with E-state index in [2.05, 4.69) is 10.1 Å². The molecule has 1 aliphatic rings. The molecule has 160 valence electrons. The van der Waals surface area contributed by atoms with Crippen LogP contribution in [0.4, 0.5) is 23.7 Å². The number of pyridine rings is 1. The minimum absolute atomic E-state index is 0.0211. The van der Waals surface area contributed by atoms with E-state index in [1.54, 1.807) is 30.7 Å². The second-order valence-corrected chi connectivity index (χ2v) is 6.69. The van der Waals surface area contributed by atoms with Gasteiger partial charge in [-0.05, 0) is 30.3 Å². The number of cyclic esters (lactones) is 1.